The number of hydrogen-bond acceptors (Lipinski definition) is 11. The summed E-state index contributed by atoms with van der Waals surface area (Å²) < 4.78 is 28.6. The number of carbonyl (C=O) groups is 4. The van der Waals surface area contributed by atoms with E-state index in [9.17, 15) is 34.5 Å². The molecule has 3 N–H and O–H groups in total. The number of aliphatic hydroxyl groups excluding tert-OH is 2. The Morgan fingerprint density at radius 1 is 0.377 bits per heavy atom. The van der Waals surface area contributed by atoms with Gasteiger partial charge in [0, 0.05) is 19.3 Å². The molecule has 0 bridgehead atoms. The molecule has 6 unspecified atom stereocenters. The van der Waals surface area contributed by atoms with Crippen molar-refractivity contribution in [3.05, 3.63) is 0 Å². The Morgan fingerprint density at radius 2 is 0.662 bits per heavy atom. The first kappa shape index (κ1) is 72.7. The maximum atomic E-state index is 13.2. The molecule has 454 valence electrons. The lowest BCUT2D eigenvalue weighted by Crippen LogP contribution is -2.61. The molecule has 12 heteroatoms. The summed E-state index contributed by atoms with van der Waals surface area (Å²) in [5.74, 6) is -3.06. The Morgan fingerprint density at radius 3 is 0.974 bits per heavy atom. The molecule has 12 nitrogen and oxygen atoms in total. The highest BCUT2D eigenvalue weighted by atomic mass is 16.7. The monoisotopic (exact) mass is 1090 g/mol. The number of aliphatic carboxylic acids is 1. The number of ether oxygens (including phenoxy) is 5. The fourth-order valence-corrected chi connectivity index (χ4v) is 10.6. The van der Waals surface area contributed by atoms with E-state index in [1.807, 2.05) is 0 Å². The topological polar surface area (TPSA) is 175 Å². The van der Waals surface area contributed by atoms with E-state index in [1.165, 1.54) is 225 Å². The van der Waals surface area contributed by atoms with Gasteiger partial charge in [0.1, 0.15) is 18.8 Å². The lowest BCUT2D eigenvalue weighted by Gasteiger charge is -2.40. The zero-order valence-corrected chi connectivity index (χ0v) is 50.2. The van der Waals surface area contributed by atoms with Gasteiger partial charge in [0.15, 0.2) is 24.6 Å². The van der Waals surface area contributed by atoms with Gasteiger partial charge < -0.3 is 39.0 Å². The predicted octanol–water partition coefficient (Wildman–Crippen LogP) is 17.5. The molecular weight excluding hydrogens is 973 g/mol. The summed E-state index contributed by atoms with van der Waals surface area (Å²) in [7, 11) is 0. The van der Waals surface area contributed by atoms with Crippen LogP contribution in [0.15, 0.2) is 0 Å². The molecule has 77 heavy (non-hydrogen) atoms. The number of esters is 3. The van der Waals surface area contributed by atoms with Crippen LogP contribution in [-0.2, 0) is 42.9 Å². The minimum atomic E-state index is -1.89. The minimum Gasteiger partial charge on any atom is -0.479 e. The summed E-state index contributed by atoms with van der Waals surface area (Å²) in [4.78, 5) is 51.3. The first-order valence-electron chi connectivity index (χ1n) is 33.0. The van der Waals surface area contributed by atoms with Crippen LogP contribution in [0.5, 0.6) is 0 Å². The first-order valence-corrected chi connectivity index (χ1v) is 33.0. The predicted molar refractivity (Wildman–Crippen MR) is 313 cm³/mol. The number of hydrogen-bond donors (Lipinski definition) is 3. The average Bonchev–Trinajstić information content (AvgIpc) is 3.42. The highest BCUT2D eigenvalue weighted by Crippen LogP contribution is 2.27. The van der Waals surface area contributed by atoms with Gasteiger partial charge in [-0.2, -0.15) is 0 Å². The van der Waals surface area contributed by atoms with Crippen LogP contribution in [0.25, 0.3) is 0 Å². The van der Waals surface area contributed by atoms with Gasteiger partial charge in [0.2, 0.25) is 0 Å². The molecule has 0 aromatic rings. The summed E-state index contributed by atoms with van der Waals surface area (Å²) in [6.07, 6.45) is 47.8. The molecule has 1 rings (SSSR count). The van der Waals surface area contributed by atoms with Crippen LogP contribution in [0.1, 0.15) is 342 Å². The SMILES string of the molecule is CCCCCCCCCCCCCCCCCCCCCC(=O)OCC(COC1OC(C(=O)O)C(O)C(O)C1OC(=O)CCCCCCCCCCCCCCC)OC(=O)CCCCCCCCCCCCCCCCC. The van der Waals surface area contributed by atoms with Crippen LogP contribution in [-0.4, -0.2) is 89.2 Å². The van der Waals surface area contributed by atoms with E-state index in [4.69, 9.17) is 23.7 Å². The van der Waals surface area contributed by atoms with Crippen molar-refractivity contribution in [3.8, 4) is 0 Å². The van der Waals surface area contributed by atoms with Crippen molar-refractivity contribution in [3.63, 3.8) is 0 Å². The normalized spacial score (nSPS) is 17.9. The van der Waals surface area contributed by atoms with Gasteiger partial charge in [0.25, 0.3) is 0 Å². The summed E-state index contributed by atoms with van der Waals surface area (Å²) in [5.41, 5.74) is 0. The molecule has 6 atom stereocenters. The number of carbonyl (C=O) groups excluding carboxylic acids is 3. The highest BCUT2D eigenvalue weighted by Gasteiger charge is 2.50. The van der Waals surface area contributed by atoms with Crippen LogP contribution in [0.4, 0.5) is 0 Å². The van der Waals surface area contributed by atoms with Crippen molar-refractivity contribution in [2.45, 2.75) is 379 Å². The van der Waals surface area contributed by atoms with Crippen molar-refractivity contribution in [1.29, 1.82) is 0 Å². The molecule has 1 heterocycles. The van der Waals surface area contributed by atoms with Crippen molar-refractivity contribution in [1.82, 2.24) is 0 Å². The molecule has 0 spiro atoms. The zero-order valence-electron chi connectivity index (χ0n) is 50.2. The van der Waals surface area contributed by atoms with E-state index in [2.05, 4.69) is 20.8 Å². The molecule has 1 aliphatic heterocycles. The number of unbranched alkanes of at least 4 members (excludes halogenated alkanes) is 44. The zero-order chi connectivity index (χ0) is 56.1. The lowest BCUT2D eigenvalue weighted by molar-refractivity contribution is -0.301. The molecule has 0 aromatic heterocycles. The summed E-state index contributed by atoms with van der Waals surface area (Å²) in [6.45, 7) is 6.06. The van der Waals surface area contributed by atoms with Gasteiger partial charge >= 0.3 is 23.9 Å². The first-order chi connectivity index (χ1) is 37.6. The van der Waals surface area contributed by atoms with Crippen LogP contribution >= 0.6 is 0 Å². The fraction of sp³-hybridized carbons (Fsp3) is 0.938. The maximum absolute atomic E-state index is 13.2. The second kappa shape index (κ2) is 54.3. The summed E-state index contributed by atoms with van der Waals surface area (Å²) in [5, 5.41) is 31.5. The fourth-order valence-electron chi connectivity index (χ4n) is 10.6. The van der Waals surface area contributed by atoms with E-state index < -0.39 is 67.3 Å². The molecule has 1 saturated heterocycles. The van der Waals surface area contributed by atoms with Crippen molar-refractivity contribution < 1.29 is 58.2 Å². The maximum Gasteiger partial charge on any atom is 0.335 e. The number of rotatable bonds is 58. The average molecular weight is 1100 g/mol. The van der Waals surface area contributed by atoms with Crippen molar-refractivity contribution >= 4 is 23.9 Å². The van der Waals surface area contributed by atoms with Crippen molar-refractivity contribution in [2.24, 2.45) is 0 Å². The van der Waals surface area contributed by atoms with Gasteiger partial charge in [-0.3, -0.25) is 14.4 Å². The highest BCUT2D eigenvalue weighted by molar-refractivity contribution is 5.74. The van der Waals surface area contributed by atoms with Crippen LogP contribution < -0.4 is 0 Å². The standard InChI is InChI=1S/C65H122O12/c1-4-7-10-13-16-19-22-25-27-28-29-30-32-34-36-39-42-45-48-51-57(66)73-54-56(75-58(67)52-49-46-43-40-38-35-31-26-23-20-17-14-11-8-5-2)55-74-65-63(61(70)60(69)62(77-65)64(71)72)76-59(68)53-50-47-44-41-37-33-24-21-18-15-12-9-6-3/h56,60-63,65,69-70H,4-55H2,1-3H3,(H,71,72). The lowest BCUT2D eigenvalue weighted by atomic mass is 9.98. The second-order valence-corrected chi connectivity index (χ2v) is 23.1. The van der Waals surface area contributed by atoms with Crippen LogP contribution in [0.3, 0.4) is 0 Å². The Kier molecular flexibility index (Phi) is 51.3. The third-order valence-electron chi connectivity index (χ3n) is 15.7. The number of carboxylic acids is 1. The third kappa shape index (κ3) is 44.1. The molecule has 1 aliphatic rings. The summed E-state index contributed by atoms with van der Waals surface area (Å²) >= 11 is 0. The quantitative estimate of drug-likeness (QED) is 0.0299. The molecule has 0 radical (unpaired) electrons. The van der Waals surface area contributed by atoms with Gasteiger partial charge in [-0.25, -0.2) is 4.79 Å². The third-order valence-corrected chi connectivity index (χ3v) is 15.7. The van der Waals surface area contributed by atoms with Crippen LogP contribution in [0, 0.1) is 0 Å². The van der Waals surface area contributed by atoms with E-state index in [-0.39, 0.29) is 25.9 Å². The minimum absolute atomic E-state index is 0.0706. The van der Waals surface area contributed by atoms with Gasteiger partial charge in [-0.05, 0) is 19.3 Å². The number of carboxylic acid groups (broad SMARTS) is 1. The smallest absolute Gasteiger partial charge is 0.335 e. The molecule has 0 amide bonds. The molecule has 0 saturated carbocycles. The Hall–Kier alpha value is -2.28. The van der Waals surface area contributed by atoms with E-state index in [1.54, 1.807) is 0 Å². The summed E-state index contributed by atoms with van der Waals surface area (Å²) in [6, 6.07) is 0. The molecule has 0 aromatic carbocycles. The van der Waals surface area contributed by atoms with E-state index in [0.717, 1.165) is 57.8 Å². The van der Waals surface area contributed by atoms with Gasteiger partial charge in [0.05, 0.1) is 6.61 Å². The second-order valence-electron chi connectivity index (χ2n) is 23.1. The largest absolute Gasteiger partial charge is 0.479 e. The van der Waals surface area contributed by atoms with Gasteiger partial charge in [-0.15, -0.1) is 0 Å². The Balaban J connectivity index is 2.61. The van der Waals surface area contributed by atoms with Crippen molar-refractivity contribution in [2.75, 3.05) is 13.2 Å². The molecule has 0 aliphatic carbocycles. The molecular formula is C65H122O12. The Bertz CT molecular complexity index is 1340. The number of aliphatic hydroxyl groups is 2. The van der Waals surface area contributed by atoms with Gasteiger partial charge in [-0.1, -0.05) is 303 Å². The Labute approximate surface area is 472 Å². The van der Waals surface area contributed by atoms with E-state index >= 15 is 0 Å². The molecule has 1 fully saturated rings. The van der Waals surface area contributed by atoms with E-state index in [0.29, 0.717) is 19.3 Å². The van der Waals surface area contributed by atoms with Crippen LogP contribution in [0.2, 0.25) is 0 Å².